The van der Waals surface area contributed by atoms with Crippen molar-refractivity contribution in [1.82, 2.24) is 0 Å². The van der Waals surface area contributed by atoms with Crippen LogP contribution < -0.4 is 0 Å². The van der Waals surface area contributed by atoms with E-state index in [1.165, 1.54) is 14.2 Å². The van der Waals surface area contributed by atoms with Gasteiger partial charge in [0.05, 0.1) is 26.1 Å². The molecule has 2 aliphatic rings. The second-order valence-electron chi connectivity index (χ2n) is 4.05. The summed E-state index contributed by atoms with van der Waals surface area (Å²) in [6.07, 6.45) is 4.87. The predicted octanol–water partition coefficient (Wildman–Crippen LogP) is 0.771. The van der Waals surface area contributed by atoms with E-state index in [0.29, 0.717) is 0 Å². The summed E-state index contributed by atoms with van der Waals surface area (Å²) in [6, 6.07) is 0. The van der Waals surface area contributed by atoms with E-state index in [4.69, 9.17) is 9.47 Å². The van der Waals surface area contributed by atoms with Crippen LogP contribution in [0.3, 0.4) is 0 Å². The number of allylic oxidation sites excluding steroid dienone is 2. The van der Waals surface area contributed by atoms with Gasteiger partial charge in [0.1, 0.15) is 0 Å². The van der Waals surface area contributed by atoms with Crippen LogP contribution in [0, 0.1) is 23.7 Å². The topological polar surface area (TPSA) is 52.6 Å². The molecule has 1 fully saturated rings. The van der Waals surface area contributed by atoms with Crippen LogP contribution in [0.1, 0.15) is 6.42 Å². The van der Waals surface area contributed by atoms with Crippen molar-refractivity contribution < 1.29 is 19.1 Å². The molecule has 0 spiro atoms. The number of carbonyl (C=O) groups excluding carboxylic acids is 2. The van der Waals surface area contributed by atoms with Gasteiger partial charge < -0.3 is 9.47 Å². The second kappa shape index (κ2) is 3.68. The van der Waals surface area contributed by atoms with E-state index in [2.05, 4.69) is 0 Å². The molecular weight excluding hydrogens is 196 g/mol. The number of fused-ring (bicyclic) bond motifs is 2. The Morgan fingerprint density at radius 3 is 1.73 bits per heavy atom. The van der Waals surface area contributed by atoms with Crippen LogP contribution >= 0.6 is 0 Å². The summed E-state index contributed by atoms with van der Waals surface area (Å²) in [5.41, 5.74) is 0. The molecule has 2 bridgehead atoms. The number of esters is 2. The van der Waals surface area contributed by atoms with E-state index in [0.717, 1.165) is 6.42 Å². The highest BCUT2D eigenvalue weighted by Gasteiger charge is 2.52. The average Bonchev–Trinajstić information content (AvgIpc) is 2.86. The lowest BCUT2D eigenvalue weighted by atomic mass is 9.83. The Balaban J connectivity index is 2.24. The molecule has 2 aliphatic carbocycles. The maximum Gasteiger partial charge on any atom is 0.310 e. The van der Waals surface area contributed by atoms with Gasteiger partial charge in [0.25, 0.3) is 0 Å². The van der Waals surface area contributed by atoms with E-state index >= 15 is 0 Å². The van der Waals surface area contributed by atoms with Gasteiger partial charge in [0, 0.05) is 0 Å². The van der Waals surface area contributed by atoms with E-state index < -0.39 is 0 Å². The largest absolute Gasteiger partial charge is 0.469 e. The highest BCUT2D eigenvalue weighted by molar-refractivity contribution is 5.84. The van der Waals surface area contributed by atoms with Crippen molar-refractivity contribution in [3.05, 3.63) is 12.2 Å². The number of hydrogen-bond donors (Lipinski definition) is 0. The number of rotatable bonds is 2. The molecule has 4 nitrogen and oxygen atoms in total. The summed E-state index contributed by atoms with van der Waals surface area (Å²) in [5, 5.41) is 0. The zero-order valence-corrected chi connectivity index (χ0v) is 8.80. The first kappa shape index (κ1) is 10.2. The Hall–Kier alpha value is -1.32. The third-order valence-corrected chi connectivity index (χ3v) is 3.41. The minimum Gasteiger partial charge on any atom is -0.469 e. The molecule has 0 aromatic rings. The second-order valence-corrected chi connectivity index (χ2v) is 4.05. The number of methoxy groups -OCH3 is 2. The summed E-state index contributed by atoms with van der Waals surface area (Å²) in [5.74, 6) is -1.02. The summed E-state index contributed by atoms with van der Waals surface area (Å²) in [6.45, 7) is 0. The van der Waals surface area contributed by atoms with Gasteiger partial charge in [-0.15, -0.1) is 0 Å². The van der Waals surface area contributed by atoms with Crippen LogP contribution in [-0.2, 0) is 19.1 Å². The average molecular weight is 210 g/mol. The Morgan fingerprint density at radius 1 is 1.00 bits per heavy atom. The lowest BCUT2D eigenvalue weighted by Crippen LogP contribution is -2.34. The van der Waals surface area contributed by atoms with Crippen molar-refractivity contribution in [1.29, 1.82) is 0 Å². The molecule has 4 atom stereocenters. The zero-order chi connectivity index (χ0) is 11.0. The Morgan fingerprint density at radius 2 is 1.40 bits per heavy atom. The molecule has 1 saturated carbocycles. The van der Waals surface area contributed by atoms with Crippen LogP contribution in [0.15, 0.2) is 12.2 Å². The van der Waals surface area contributed by atoms with Crippen molar-refractivity contribution in [2.24, 2.45) is 23.7 Å². The van der Waals surface area contributed by atoms with Gasteiger partial charge in [-0.05, 0) is 18.3 Å². The van der Waals surface area contributed by atoms with Crippen molar-refractivity contribution in [2.45, 2.75) is 6.42 Å². The zero-order valence-electron chi connectivity index (χ0n) is 8.80. The van der Waals surface area contributed by atoms with Crippen molar-refractivity contribution in [3.8, 4) is 0 Å². The maximum atomic E-state index is 11.6. The number of hydrogen-bond acceptors (Lipinski definition) is 4. The van der Waals surface area contributed by atoms with Crippen LogP contribution in [0.2, 0.25) is 0 Å². The molecule has 0 aromatic heterocycles. The molecule has 0 N–H and O–H groups in total. The van der Waals surface area contributed by atoms with Crippen molar-refractivity contribution >= 4 is 11.9 Å². The fraction of sp³-hybridized carbons (Fsp3) is 0.636. The maximum absolute atomic E-state index is 11.6. The minimum atomic E-state index is -0.350. The highest BCUT2D eigenvalue weighted by atomic mass is 16.5. The summed E-state index contributed by atoms with van der Waals surface area (Å²) in [4.78, 5) is 23.1. The molecular formula is C11H14O4. The van der Waals surface area contributed by atoms with Crippen LogP contribution in [0.4, 0.5) is 0 Å². The van der Waals surface area contributed by atoms with Gasteiger partial charge in [-0.3, -0.25) is 9.59 Å². The molecule has 0 amide bonds. The van der Waals surface area contributed by atoms with E-state index in [9.17, 15) is 9.59 Å². The SMILES string of the molecule is COC(=O)[C@@H]1[C@H](C(=O)OC)[C@@H]2C=C[C@@H]1C2. The summed E-state index contributed by atoms with van der Waals surface area (Å²) >= 11 is 0. The standard InChI is InChI=1S/C11H14O4/c1-14-10(12)8-6-3-4-7(5-6)9(8)11(13)15-2/h3-4,6-9H,5H2,1-2H3/t6-,7-,8-,9+/m1/s1. The number of carbonyl (C=O) groups is 2. The highest BCUT2D eigenvalue weighted by Crippen LogP contribution is 2.48. The monoisotopic (exact) mass is 210 g/mol. The summed E-state index contributed by atoms with van der Waals surface area (Å²) < 4.78 is 9.46. The lowest BCUT2D eigenvalue weighted by molar-refractivity contribution is -0.158. The molecule has 82 valence electrons. The van der Waals surface area contributed by atoms with Gasteiger partial charge in [-0.2, -0.15) is 0 Å². The lowest BCUT2D eigenvalue weighted by Gasteiger charge is -2.23. The molecule has 0 unspecified atom stereocenters. The first-order valence-corrected chi connectivity index (χ1v) is 5.03. The first-order chi connectivity index (χ1) is 7.19. The normalized spacial score (nSPS) is 36.7. The van der Waals surface area contributed by atoms with E-state index in [-0.39, 0.29) is 35.6 Å². The Bertz CT molecular complexity index is 291. The third kappa shape index (κ3) is 1.44. The Kier molecular flexibility index (Phi) is 2.50. The van der Waals surface area contributed by atoms with Gasteiger partial charge in [-0.25, -0.2) is 0 Å². The van der Waals surface area contributed by atoms with Gasteiger partial charge in [0.2, 0.25) is 0 Å². The number of ether oxygens (including phenoxy) is 2. The third-order valence-electron chi connectivity index (χ3n) is 3.41. The minimum absolute atomic E-state index is 0.145. The fourth-order valence-electron chi connectivity index (χ4n) is 2.74. The predicted molar refractivity (Wildman–Crippen MR) is 51.7 cm³/mol. The van der Waals surface area contributed by atoms with Gasteiger partial charge in [-0.1, -0.05) is 12.2 Å². The first-order valence-electron chi connectivity index (χ1n) is 5.03. The summed E-state index contributed by atoms with van der Waals surface area (Å²) in [7, 11) is 2.71. The quantitative estimate of drug-likeness (QED) is 0.499. The van der Waals surface area contributed by atoms with Crippen molar-refractivity contribution in [3.63, 3.8) is 0 Å². The van der Waals surface area contributed by atoms with Gasteiger partial charge >= 0.3 is 11.9 Å². The Labute approximate surface area is 88.2 Å². The molecule has 0 heterocycles. The van der Waals surface area contributed by atoms with Crippen LogP contribution in [0.25, 0.3) is 0 Å². The van der Waals surface area contributed by atoms with Crippen molar-refractivity contribution in [2.75, 3.05) is 14.2 Å². The molecule has 0 aromatic carbocycles. The molecule has 0 aliphatic heterocycles. The molecule has 15 heavy (non-hydrogen) atoms. The van der Waals surface area contributed by atoms with Crippen LogP contribution in [0.5, 0.6) is 0 Å². The molecule has 0 saturated heterocycles. The van der Waals surface area contributed by atoms with E-state index in [1.54, 1.807) is 0 Å². The van der Waals surface area contributed by atoms with Crippen LogP contribution in [-0.4, -0.2) is 26.2 Å². The fourth-order valence-corrected chi connectivity index (χ4v) is 2.74. The van der Waals surface area contributed by atoms with Gasteiger partial charge in [0.15, 0.2) is 0 Å². The molecule has 0 radical (unpaired) electrons. The smallest absolute Gasteiger partial charge is 0.310 e. The van der Waals surface area contributed by atoms with E-state index in [1.807, 2.05) is 12.2 Å². The molecule has 4 heteroatoms. The molecule has 2 rings (SSSR count).